The SMILES string of the molecule is COC(=O)c1cc(F)c(C(F)F)nc1C#N. The standard InChI is InChI=1S/C9H5F3N2O2/c1-16-9(15)4-2-5(10)7(8(11)12)14-6(4)3-13/h2,8H,1H3. The number of aromatic nitrogens is 1. The van der Waals surface area contributed by atoms with Crippen molar-refractivity contribution in [1.82, 2.24) is 4.98 Å². The summed E-state index contributed by atoms with van der Waals surface area (Å²) >= 11 is 0. The van der Waals surface area contributed by atoms with Gasteiger partial charge in [0.05, 0.1) is 12.7 Å². The van der Waals surface area contributed by atoms with Crippen LogP contribution in [-0.2, 0) is 4.74 Å². The number of rotatable bonds is 2. The largest absolute Gasteiger partial charge is 0.465 e. The number of hydrogen-bond acceptors (Lipinski definition) is 4. The highest BCUT2D eigenvalue weighted by atomic mass is 19.3. The Morgan fingerprint density at radius 1 is 1.62 bits per heavy atom. The number of alkyl halides is 2. The van der Waals surface area contributed by atoms with Crippen molar-refractivity contribution in [3.05, 3.63) is 28.8 Å². The number of ether oxygens (including phenoxy) is 1. The van der Waals surface area contributed by atoms with Gasteiger partial charge in [0.25, 0.3) is 6.43 Å². The zero-order valence-corrected chi connectivity index (χ0v) is 8.00. The van der Waals surface area contributed by atoms with Crippen LogP contribution in [0.4, 0.5) is 13.2 Å². The second-order valence-electron chi connectivity index (χ2n) is 2.66. The summed E-state index contributed by atoms with van der Waals surface area (Å²) in [7, 11) is 1.02. The maximum Gasteiger partial charge on any atom is 0.340 e. The molecule has 0 bridgehead atoms. The van der Waals surface area contributed by atoms with Gasteiger partial charge >= 0.3 is 5.97 Å². The lowest BCUT2D eigenvalue weighted by atomic mass is 10.1. The van der Waals surface area contributed by atoms with E-state index in [0.717, 1.165) is 7.11 Å². The molecule has 0 saturated carbocycles. The Kier molecular flexibility index (Phi) is 3.45. The van der Waals surface area contributed by atoms with Crippen LogP contribution in [0.3, 0.4) is 0 Å². The highest BCUT2D eigenvalue weighted by molar-refractivity contribution is 5.91. The topological polar surface area (TPSA) is 63.0 Å². The molecule has 0 aliphatic heterocycles. The number of methoxy groups -OCH3 is 1. The van der Waals surface area contributed by atoms with Crippen molar-refractivity contribution in [3.8, 4) is 6.07 Å². The summed E-state index contributed by atoms with van der Waals surface area (Å²) in [5, 5.41) is 8.57. The summed E-state index contributed by atoms with van der Waals surface area (Å²) in [6, 6.07) is 1.93. The van der Waals surface area contributed by atoms with Crippen LogP contribution in [0.25, 0.3) is 0 Å². The fourth-order valence-electron chi connectivity index (χ4n) is 1.01. The minimum absolute atomic E-state index is 0.480. The van der Waals surface area contributed by atoms with Crippen LogP contribution in [0.2, 0.25) is 0 Å². The Hall–Kier alpha value is -2.10. The van der Waals surface area contributed by atoms with Gasteiger partial charge in [0, 0.05) is 0 Å². The highest BCUT2D eigenvalue weighted by Gasteiger charge is 2.22. The zero-order chi connectivity index (χ0) is 12.3. The van der Waals surface area contributed by atoms with Gasteiger partial charge in [0.1, 0.15) is 11.8 Å². The number of hydrogen-bond donors (Lipinski definition) is 0. The number of halogens is 3. The summed E-state index contributed by atoms with van der Waals surface area (Å²) < 4.78 is 41.8. The van der Waals surface area contributed by atoms with E-state index >= 15 is 0 Å². The molecule has 0 atom stereocenters. The van der Waals surface area contributed by atoms with E-state index in [1.54, 1.807) is 0 Å². The van der Waals surface area contributed by atoms with Crippen LogP contribution in [0.15, 0.2) is 6.07 Å². The van der Waals surface area contributed by atoms with Gasteiger partial charge in [0.2, 0.25) is 0 Å². The van der Waals surface area contributed by atoms with Gasteiger partial charge < -0.3 is 4.74 Å². The van der Waals surface area contributed by atoms with E-state index in [4.69, 9.17) is 5.26 Å². The van der Waals surface area contributed by atoms with Crippen molar-refractivity contribution in [2.24, 2.45) is 0 Å². The molecule has 1 aromatic rings. The summed E-state index contributed by atoms with van der Waals surface area (Å²) in [5.41, 5.74) is -2.24. The van der Waals surface area contributed by atoms with Gasteiger partial charge in [-0.1, -0.05) is 0 Å². The lowest BCUT2D eigenvalue weighted by Gasteiger charge is -2.05. The summed E-state index contributed by atoms with van der Waals surface area (Å²) in [4.78, 5) is 14.1. The van der Waals surface area contributed by atoms with Crippen LogP contribution >= 0.6 is 0 Å². The maximum absolute atomic E-state index is 13.1. The smallest absolute Gasteiger partial charge is 0.340 e. The van der Waals surface area contributed by atoms with Gasteiger partial charge in [-0.05, 0) is 6.07 Å². The second-order valence-corrected chi connectivity index (χ2v) is 2.66. The van der Waals surface area contributed by atoms with Crippen LogP contribution < -0.4 is 0 Å². The van der Waals surface area contributed by atoms with Crippen LogP contribution in [-0.4, -0.2) is 18.1 Å². The molecule has 84 valence electrons. The van der Waals surface area contributed by atoms with Crippen molar-refractivity contribution in [1.29, 1.82) is 5.26 Å². The number of carbonyl (C=O) groups is 1. The molecular formula is C9H5F3N2O2. The molecular weight excluding hydrogens is 225 g/mol. The molecule has 1 heterocycles. The number of pyridine rings is 1. The molecule has 0 unspecified atom stereocenters. The Morgan fingerprint density at radius 3 is 2.69 bits per heavy atom. The average molecular weight is 230 g/mol. The minimum Gasteiger partial charge on any atom is -0.465 e. The first-order valence-corrected chi connectivity index (χ1v) is 3.98. The van der Waals surface area contributed by atoms with Crippen LogP contribution in [0.1, 0.15) is 28.2 Å². The maximum atomic E-state index is 13.1. The summed E-state index contributed by atoms with van der Waals surface area (Å²) in [6.07, 6.45) is -3.15. The van der Waals surface area contributed by atoms with E-state index in [1.165, 1.54) is 6.07 Å². The predicted octanol–water partition coefficient (Wildman–Crippen LogP) is 1.82. The van der Waals surface area contributed by atoms with Crippen molar-refractivity contribution < 1.29 is 22.7 Å². The van der Waals surface area contributed by atoms with E-state index in [9.17, 15) is 18.0 Å². The van der Waals surface area contributed by atoms with Crippen molar-refractivity contribution in [2.75, 3.05) is 7.11 Å². The number of nitrogens with zero attached hydrogens (tertiary/aromatic N) is 2. The number of esters is 1. The van der Waals surface area contributed by atoms with E-state index in [1.807, 2.05) is 0 Å². The third-order valence-electron chi connectivity index (χ3n) is 1.72. The Labute approximate surface area is 88.3 Å². The third-order valence-corrected chi connectivity index (χ3v) is 1.72. The fraction of sp³-hybridized carbons (Fsp3) is 0.222. The molecule has 0 radical (unpaired) electrons. The minimum atomic E-state index is -3.15. The molecule has 0 saturated heterocycles. The van der Waals surface area contributed by atoms with Gasteiger partial charge in [-0.15, -0.1) is 0 Å². The fourth-order valence-corrected chi connectivity index (χ4v) is 1.01. The molecule has 4 nitrogen and oxygen atoms in total. The highest BCUT2D eigenvalue weighted by Crippen LogP contribution is 2.22. The van der Waals surface area contributed by atoms with Crippen LogP contribution in [0, 0.1) is 17.1 Å². The molecule has 0 spiro atoms. The summed E-state index contributed by atoms with van der Waals surface area (Å²) in [5.74, 6) is -2.36. The molecule has 0 amide bonds. The van der Waals surface area contributed by atoms with E-state index < -0.39 is 35.2 Å². The molecule has 0 aliphatic rings. The number of nitriles is 1. The van der Waals surface area contributed by atoms with E-state index in [2.05, 4.69) is 9.72 Å². The van der Waals surface area contributed by atoms with E-state index in [0.29, 0.717) is 6.07 Å². The quantitative estimate of drug-likeness (QED) is 0.727. The van der Waals surface area contributed by atoms with Crippen LogP contribution in [0.5, 0.6) is 0 Å². The summed E-state index contributed by atoms with van der Waals surface area (Å²) in [6.45, 7) is 0. The van der Waals surface area contributed by atoms with Gasteiger partial charge in [0.15, 0.2) is 11.5 Å². The van der Waals surface area contributed by atoms with Gasteiger partial charge in [-0.3, -0.25) is 0 Å². The molecule has 1 rings (SSSR count). The predicted molar refractivity (Wildman–Crippen MR) is 45.2 cm³/mol. The first-order chi connectivity index (χ1) is 7.51. The first-order valence-electron chi connectivity index (χ1n) is 3.98. The third kappa shape index (κ3) is 2.11. The molecule has 16 heavy (non-hydrogen) atoms. The molecule has 0 aromatic carbocycles. The average Bonchev–Trinajstić information content (AvgIpc) is 2.27. The molecule has 0 aliphatic carbocycles. The molecule has 0 N–H and O–H groups in total. The Bertz CT molecular complexity index is 469. The first kappa shape index (κ1) is 12.0. The Morgan fingerprint density at radius 2 is 2.25 bits per heavy atom. The van der Waals surface area contributed by atoms with Crippen molar-refractivity contribution in [2.45, 2.75) is 6.43 Å². The molecule has 7 heteroatoms. The second kappa shape index (κ2) is 4.61. The molecule has 1 aromatic heterocycles. The lowest BCUT2D eigenvalue weighted by molar-refractivity contribution is 0.0598. The van der Waals surface area contributed by atoms with Gasteiger partial charge in [-0.25, -0.2) is 22.9 Å². The van der Waals surface area contributed by atoms with Crippen molar-refractivity contribution in [3.63, 3.8) is 0 Å². The monoisotopic (exact) mass is 230 g/mol. The van der Waals surface area contributed by atoms with E-state index in [-0.39, 0.29) is 0 Å². The Balaban J connectivity index is 3.39. The van der Waals surface area contributed by atoms with Gasteiger partial charge in [-0.2, -0.15) is 5.26 Å². The zero-order valence-electron chi connectivity index (χ0n) is 8.00. The number of carbonyl (C=O) groups excluding carboxylic acids is 1. The molecule has 0 fully saturated rings. The lowest BCUT2D eigenvalue weighted by Crippen LogP contribution is -2.09. The van der Waals surface area contributed by atoms with Crippen molar-refractivity contribution >= 4 is 5.97 Å². The normalized spacial score (nSPS) is 10.0.